The van der Waals surface area contributed by atoms with Gasteiger partial charge in [-0.15, -0.1) is 0 Å². The average molecular weight is 465 g/mol. The smallest absolute Gasteiger partial charge is 0.449 e. The van der Waals surface area contributed by atoms with E-state index in [1.54, 1.807) is 4.90 Å². The van der Waals surface area contributed by atoms with Crippen molar-refractivity contribution in [2.45, 2.75) is 62.4 Å². The van der Waals surface area contributed by atoms with Crippen molar-refractivity contribution in [2.24, 2.45) is 0 Å². The maximum atomic E-state index is 12.7. The van der Waals surface area contributed by atoms with E-state index in [9.17, 15) is 26.4 Å². The molecule has 31 heavy (non-hydrogen) atoms. The number of benzene rings is 1. The molecule has 0 spiro atoms. The first-order valence-corrected chi connectivity index (χ1v) is 12.1. The first-order chi connectivity index (χ1) is 14.6. The van der Waals surface area contributed by atoms with E-state index >= 15 is 0 Å². The number of amides is 1. The summed E-state index contributed by atoms with van der Waals surface area (Å²) in [5, 5.41) is 0. The Morgan fingerprint density at radius 2 is 1.84 bits per heavy atom. The quantitative estimate of drug-likeness (QED) is 0.485. The highest BCUT2D eigenvalue weighted by Crippen LogP contribution is 2.30. The summed E-state index contributed by atoms with van der Waals surface area (Å²) in [5.74, 6) is 0. The van der Waals surface area contributed by atoms with Crippen LogP contribution >= 0.6 is 0 Å². The van der Waals surface area contributed by atoms with E-state index in [1.165, 1.54) is 12.1 Å². The van der Waals surface area contributed by atoms with Crippen LogP contribution in [0.25, 0.3) is 0 Å². The van der Waals surface area contributed by atoms with Gasteiger partial charge in [-0.1, -0.05) is 19.1 Å². The number of nitrogens with zero attached hydrogens (tertiary/aromatic N) is 2. The van der Waals surface area contributed by atoms with Gasteiger partial charge < -0.3 is 14.5 Å². The van der Waals surface area contributed by atoms with E-state index in [4.69, 9.17) is 4.74 Å². The lowest BCUT2D eigenvalue weighted by Crippen LogP contribution is -2.36. The van der Waals surface area contributed by atoms with Crippen LogP contribution in [0.1, 0.15) is 45.1 Å². The predicted octanol–water partition coefficient (Wildman–Crippen LogP) is 4.25. The summed E-state index contributed by atoms with van der Waals surface area (Å²) >= 11 is 0. The molecule has 1 aromatic carbocycles. The Bertz CT molecular complexity index is 813. The molecular formula is C21H31F3N2O4S. The van der Waals surface area contributed by atoms with Gasteiger partial charge in [-0.2, -0.15) is 13.2 Å². The maximum absolute atomic E-state index is 12.7. The zero-order valence-electron chi connectivity index (χ0n) is 18.0. The minimum atomic E-state index is -5.32. The third-order valence-corrected chi connectivity index (χ3v) is 7.03. The van der Waals surface area contributed by atoms with Crippen molar-refractivity contribution in [2.75, 3.05) is 32.8 Å². The fourth-order valence-corrected chi connectivity index (χ4v) is 4.43. The molecule has 1 amide bonds. The molecule has 0 bridgehead atoms. The number of rotatable bonds is 10. The van der Waals surface area contributed by atoms with Crippen molar-refractivity contribution < 1.29 is 31.1 Å². The van der Waals surface area contributed by atoms with Crippen molar-refractivity contribution in [1.82, 2.24) is 9.80 Å². The van der Waals surface area contributed by atoms with E-state index in [0.717, 1.165) is 63.0 Å². The number of ether oxygens (including phenoxy) is 1. The van der Waals surface area contributed by atoms with Crippen LogP contribution in [-0.4, -0.2) is 68.6 Å². The third kappa shape index (κ3) is 7.10. The van der Waals surface area contributed by atoms with Crippen LogP contribution in [0.4, 0.5) is 18.0 Å². The molecule has 176 valence electrons. The lowest BCUT2D eigenvalue weighted by atomic mass is 10.1. The van der Waals surface area contributed by atoms with Gasteiger partial charge in [0, 0.05) is 19.1 Å². The number of hydrogen-bond donors (Lipinski definition) is 0. The van der Waals surface area contributed by atoms with E-state index in [1.807, 2.05) is 13.8 Å². The Hall–Kier alpha value is -1.81. The number of carbonyl (C=O) groups is 1. The fraction of sp³-hybridized carbons (Fsp3) is 0.667. The van der Waals surface area contributed by atoms with Crippen molar-refractivity contribution in [3.05, 3.63) is 29.8 Å². The normalized spacial score (nSPS) is 16.8. The van der Waals surface area contributed by atoms with Crippen LogP contribution in [-0.2, 0) is 21.0 Å². The molecule has 0 saturated carbocycles. The molecule has 1 unspecified atom stereocenters. The lowest BCUT2D eigenvalue weighted by Gasteiger charge is -2.28. The Kier molecular flexibility index (Phi) is 9.17. The van der Waals surface area contributed by atoms with E-state index in [-0.39, 0.29) is 12.1 Å². The Labute approximate surface area is 182 Å². The maximum Gasteiger partial charge on any atom is 0.501 e. The molecule has 1 atom stereocenters. The van der Waals surface area contributed by atoms with Crippen molar-refractivity contribution in [1.29, 1.82) is 0 Å². The second kappa shape index (κ2) is 11.2. The largest absolute Gasteiger partial charge is 0.501 e. The molecule has 0 aromatic heterocycles. The van der Waals surface area contributed by atoms with Gasteiger partial charge in [0.25, 0.3) is 9.84 Å². The molecule has 1 heterocycles. The highest BCUT2D eigenvalue weighted by molar-refractivity contribution is 7.92. The summed E-state index contributed by atoms with van der Waals surface area (Å²) < 4.78 is 66.1. The standard InChI is InChI=1S/C21H31F3N2O4S/c1-3-25(12-4-5-13-26-14-6-7-15-30-20(26)27)17(2)16-18-8-10-19(11-9-18)31(28,29)21(22,23)24/h8-11,17H,3-7,12-16H2,1-2H3. The zero-order valence-corrected chi connectivity index (χ0v) is 18.8. The van der Waals surface area contributed by atoms with Crippen molar-refractivity contribution in [3.63, 3.8) is 0 Å². The minimum Gasteiger partial charge on any atom is -0.449 e. The average Bonchev–Trinajstić information content (AvgIpc) is 2.91. The molecule has 0 N–H and O–H groups in total. The van der Waals surface area contributed by atoms with E-state index in [2.05, 4.69) is 4.90 Å². The van der Waals surface area contributed by atoms with Crippen molar-refractivity contribution >= 4 is 15.9 Å². The third-order valence-electron chi connectivity index (χ3n) is 5.53. The molecule has 0 aliphatic carbocycles. The van der Waals surface area contributed by atoms with Gasteiger partial charge >= 0.3 is 11.6 Å². The SMILES string of the molecule is CCN(CCCCN1CCCCOC1=O)C(C)Cc1ccc(S(=O)(=O)C(F)(F)F)cc1. The number of carbonyl (C=O) groups excluding carboxylic acids is 1. The van der Waals surface area contributed by atoms with E-state index < -0.39 is 20.2 Å². The second-order valence-electron chi connectivity index (χ2n) is 7.79. The van der Waals surface area contributed by atoms with Gasteiger partial charge in [0.05, 0.1) is 11.5 Å². The number of hydrogen-bond acceptors (Lipinski definition) is 5. The summed E-state index contributed by atoms with van der Waals surface area (Å²) in [6.45, 7) is 7.61. The Morgan fingerprint density at radius 1 is 1.16 bits per heavy atom. The molecule has 0 radical (unpaired) electrons. The molecule has 10 heteroatoms. The van der Waals surface area contributed by atoms with Crippen LogP contribution in [0.15, 0.2) is 29.2 Å². The van der Waals surface area contributed by atoms with Crippen LogP contribution in [0.3, 0.4) is 0 Å². The summed E-state index contributed by atoms with van der Waals surface area (Å²) in [4.78, 5) is 15.1. The van der Waals surface area contributed by atoms with Gasteiger partial charge in [-0.05, 0) is 69.8 Å². The molecule has 1 aliphatic rings. The highest BCUT2D eigenvalue weighted by atomic mass is 32.2. The number of alkyl halides is 3. The van der Waals surface area contributed by atoms with Crippen LogP contribution in [0, 0.1) is 0 Å². The van der Waals surface area contributed by atoms with Crippen molar-refractivity contribution in [3.8, 4) is 0 Å². The number of unbranched alkanes of at least 4 members (excludes halogenated alkanes) is 1. The van der Waals surface area contributed by atoms with Crippen LogP contribution in [0.5, 0.6) is 0 Å². The molecule has 1 fully saturated rings. The molecule has 1 aliphatic heterocycles. The monoisotopic (exact) mass is 464 g/mol. The molecule has 6 nitrogen and oxygen atoms in total. The minimum absolute atomic E-state index is 0.137. The first-order valence-electron chi connectivity index (χ1n) is 10.6. The molecule has 1 saturated heterocycles. The summed E-state index contributed by atoms with van der Waals surface area (Å²) in [6, 6.07) is 5.04. The predicted molar refractivity (Wildman–Crippen MR) is 111 cm³/mol. The van der Waals surface area contributed by atoms with Gasteiger partial charge in [-0.25, -0.2) is 13.2 Å². The first kappa shape index (κ1) is 25.5. The molecule has 1 aromatic rings. The van der Waals surface area contributed by atoms with Gasteiger partial charge in [0.2, 0.25) is 0 Å². The number of sulfone groups is 1. The fourth-order valence-electron chi connectivity index (χ4n) is 3.67. The van der Waals surface area contributed by atoms with Gasteiger partial charge in [0.1, 0.15) is 0 Å². The lowest BCUT2D eigenvalue weighted by molar-refractivity contribution is -0.0436. The second-order valence-corrected chi connectivity index (χ2v) is 9.73. The zero-order chi connectivity index (χ0) is 23.1. The Morgan fingerprint density at radius 3 is 2.45 bits per heavy atom. The molecular weight excluding hydrogens is 433 g/mol. The Balaban J connectivity index is 1.84. The van der Waals surface area contributed by atoms with Gasteiger partial charge in [-0.3, -0.25) is 0 Å². The van der Waals surface area contributed by atoms with Crippen LogP contribution < -0.4 is 0 Å². The number of likely N-dealkylation sites (N-methyl/N-ethyl adjacent to an activating group) is 1. The van der Waals surface area contributed by atoms with Crippen LogP contribution in [0.2, 0.25) is 0 Å². The number of halogens is 3. The highest BCUT2D eigenvalue weighted by Gasteiger charge is 2.46. The number of cyclic esters (lactones) is 1. The summed E-state index contributed by atoms with van der Waals surface area (Å²) in [7, 11) is -5.32. The summed E-state index contributed by atoms with van der Waals surface area (Å²) in [6.07, 6.45) is 3.97. The summed E-state index contributed by atoms with van der Waals surface area (Å²) in [5.41, 5.74) is -4.52. The van der Waals surface area contributed by atoms with Gasteiger partial charge in [0.15, 0.2) is 0 Å². The topological polar surface area (TPSA) is 66.9 Å². The van der Waals surface area contributed by atoms with E-state index in [0.29, 0.717) is 19.6 Å². The molecule has 2 rings (SSSR count).